The van der Waals surface area contributed by atoms with Crippen LogP contribution in [0.5, 0.6) is 0 Å². The molecule has 1 amide bonds. The van der Waals surface area contributed by atoms with Crippen LogP contribution in [0.1, 0.15) is 11.8 Å². The SMILES string of the molecule is CN(C)C(=O)C(OC(=O)C(F)(F)F)c1cc2c(-c3ccc(NS(C)(=O)=O)cc3)ccnc2[nH]1. The van der Waals surface area contributed by atoms with Crippen LogP contribution >= 0.6 is 0 Å². The number of anilines is 1. The summed E-state index contributed by atoms with van der Waals surface area (Å²) in [7, 11) is -0.824. The predicted molar refractivity (Wildman–Crippen MR) is 114 cm³/mol. The Morgan fingerprint density at radius 1 is 1.15 bits per heavy atom. The Labute approximate surface area is 186 Å². The fraction of sp³-hybridized carbons (Fsp3) is 0.250. The molecule has 9 nitrogen and oxygen atoms in total. The lowest BCUT2D eigenvalue weighted by molar-refractivity contribution is -0.206. The molecule has 0 fully saturated rings. The van der Waals surface area contributed by atoms with Crippen LogP contribution in [0, 0.1) is 0 Å². The van der Waals surface area contributed by atoms with Gasteiger partial charge in [-0.2, -0.15) is 13.2 Å². The van der Waals surface area contributed by atoms with Gasteiger partial charge in [-0.3, -0.25) is 9.52 Å². The van der Waals surface area contributed by atoms with Gasteiger partial charge in [0.1, 0.15) is 5.65 Å². The number of esters is 1. The Bertz CT molecular complexity index is 1300. The molecule has 0 aliphatic heterocycles. The van der Waals surface area contributed by atoms with Crippen molar-refractivity contribution in [1.82, 2.24) is 14.9 Å². The van der Waals surface area contributed by atoms with Crippen molar-refractivity contribution >= 4 is 38.6 Å². The van der Waals surface area contributed by atoms with Crippen molar-refractivity contribution in [3.63, 3.8) is 0 Å². The first kappa shape index (κ1) is 24.0. The summed E-state index contributed by atoms with van der Waals surface area (Å²) in [6, 6.07) is 9.39. The Morgan fingerprint density at radius 2 is 1.79 bits per heavy atom. The van der Waals surface area contributed by atoms with Crippen molar-refractivity contribution in [3.8, 4) is 11.1 Å². The summed E-state index contributed by atoms with van der Waals surface area (Å²) in [5, 5.41) is 0.455. The summed E-state index contributed by atoms with van der Waals surface area (Å²) in [6.45, 7) is 0. The maximum atomic E-state index is 12.8. The lowest BCUT2D eigenvalue weighted by Crippen LogP contribution is -2.35. The number of pyridine rings is 1. The number of H-pyrrole nitrogens is 1. The fourth-order valence-corrected chi connectivity index (χ4v) is 3.59. The van der Waals surface area contributed by atoms with Crippen LogP contribution in [-0.4, -0.2) is 61.7 Å². The van der Waals surface area contributed by atoms with Gasteiger partial charge in [-0.1, -0.05) is 12.1 Å². The minimum absolute atomic E-state index is 0.0865. The number of ether oxygens (including phenoxy) is 1. The number of aromatic nitrogens is 2. The highest BCUT2D eigenvalue weighted by molar-refractivity contribution is 7.92. The molecule has 0 saturated carbocycles. The van der Waals surface area contributed by atoms with Gasteiger partial charge in [-0.25, -0.2) is 18.2 Å². The molecule has 2 aromatic heterocycles. The number of sulfonamides is 1. The molecule has 0 aliphatic rings. The van der Waals surface area contributed by atoms with Crippen molar-refractivity contribution in [3.05, 3.63) is 48.3 Å². The number of aromatic amines is 1. The van der Waals surface area contributed by atoms with Gasteiger partial charge in [0.2, 0.25) is 16.1 Å². The number of fused-ring (bicyclic) bond motifs is 1. The molecule has 1 aromatic carbocycles. The zero-order valence-corrected chi connectivity index (χ0v) is 18.4. The Kier molecular flexibility index (Phi) is 6.36. The van der Waals surface area contributed by atoms with E-state index < -0.39 is 34.2 Å². The van der Waals surface area contributed by atoms with Crippen molar-refractivity contribution in [2.45, 2.75) is 12.3 Å². The number of carbonyl (C=O) groups excluding carboxylic acids is 2. The molecule has 1 atom stereocenters. The summed E-state index contributed by atoms with van der Waals surface area (Å²) in [5.74, 6) is -3.37. The predicted octanol–water partition coefficient (Wildman–Crippen LogP) is 2.84. The smallest absolute Gasteiger partial charge is 0.439 e. The van der Waals surface area contributed by atoms with Crippen LogP contribution in [-0.2, 0) is 24.3 Å². The average molecular weight is 484 g/mol. The minimum Gasteiger partial charge on any atom is -0.439 e. The van der Waals surface area contributed by atoms with Crippen molar-refractivity contribution in [1.29, 1.82) is 0 Å². The Hall–Kier alpha value is -3.61. The number of halogens is 3. The van der Waals surface area contributed by atoms with Crippen LogP contribution in [0.2, 0.25) is 0 Å². The molecule has 0 bridgehead atoms. The fourth-order valence-electron chi connectivity index (χ4n) is 3.03. The van der Waals surface area contributed by atoms with E-state index in [1.54, 1.807) is 30.3 Å². The van der Waals surface area contributed by atoms with Crippen LogP contribution < -0.4 is 4.72 Å². The molecule has 13 heteroatoms. The van der Waals surface area contributed by atoms with Crippen molar-refractivity contribution in [2.75, 3.05) is 25.1 Å². The van der Waals surface area contributed by atoms with Crippen LogP contribution in [0.4, 0.5) is 18.9 Å². The lowest BCUT2D eigenvalue weighted by atomic mass is 10.0. The number of likely N-dealkylation sites (N-methyl/N-ethyl adjacent to an activating group) is 1. The van der Waals surface area contributed by atoms with Gasteiger partial charge in [-0.15, -0.1) is 0 Å². The second-order valence-corrected chi connectivity index (χ2v) is 9.06. The van der Waals surface area contributed by atoms with E-state index in [0.717, 1.165) is 11.2 Å². The number of hydrogen-bond donors (Lipinski definition) is 2. The minimum atomic E-state index is -5.28. The van der Waals surface area contributed by atoms with E-state index in [0.29, 0.717) is 22.2 Å². The highest BCUT2D eigenvalue weighted by Gasteiger charge is 2.44. The second-order valence-electron chi connectivity index (χ2n) is 7.31. The number of hydrogen-bond acceptors (Lipinski definition) is 6. The number of benzene rings is 1. The number of alkyl halides is 3. The highest BCUT2D eigenvalue weighted by atomic mass is 32.2. The molecule has 3 aromatic rings. The zero-order chi connectivity index (χ0) is 24.6. The maximum absolute atomic E-state index is 12.8. The average Bonchev–Trinajstić information content (AvgIpc) is 3.14. The summed E-state index contributed by atoms with van der Waals surface area (Å²) in [4.78, 5) is 31.8. The largest absolute Gasteiger partial charge is 0.490 e. The first-order valence-electron chi connectivity index (χ1n) is 9.31. The first-order chi connectivity index (χ1) is 15.3. The van der Waals surface area contributed by atoms with Crippen LogP contribution in [0.15, 0.2) is 42.6 Å². The molecule has 3 rings (SSSR count). The number of nitrogens with zero attached hydrogens (tertiary/aromatic N) is 2. The second kappa shape index (κ2) is 8.73. The van der Waals surface area contributed by atoms with E-state index in [4.69, 9.17) is 0 Å². The maximum Gasteiger partial charge on any atom is 0.490 e. The molecule has 1 unspecified atom stereocenters. The van der Waals surface area contributed by atoms with Crippen LogP contribution in [0.3, 0.4) is 0 Å². The summed E-state index contributed by atoms with van der Waals surface area (Å²) >= 11 is 0. The van der Waals surface area contributed by atoms with E-state index in [1.165, 1.54) is 26.4 Å². The summed E-state index contributed by atoms with van der Waals surface area (Å²) in [6.07, 6.45) is -4.67. The van der Waals surface area contributed by atoms with E-state index in [9.17, 15) is 31.2 Å². The first-order valence-corrected chi connectivity index (χ1v) is 11.2. The van der Waals surface area contributed by atoms with Gasteiger partial charge in [-0.05, 0) is 35.4 Å². The number of amides is 1. The lowest BCUT2D eigenvalue weighted by Gasteiger charge is -2.20. The molecular weight excluding hydrogens is 465 g/mol. The van der Waals surface area contributed by atoms with Gasteiger partial charge >= 0.3 is 12.1 Å². The van der Waals surface area contributed by atoms with E-state index in [2.05, 4.69) is 19.4 Å². The van der Waals surface area contributed by atoms with Crippen LogP contribution in [0.25, 0.3) is 22.2 Å². The number of carbonyl (C=O) groups is 2. The third-order valence-corrected chi connectivity index (χ3v) is 5.06. The third kappa shape index (κ3) is 5.61. The third-order valence-electron chi connectivity index (χ3n) is 4.46. The normalized spacial score (nSPS) is 12.9. The topological polar surface area (TPSA) is 121 Å². The van der Waals surface area contributed by atoms with Gasteiger partial charge in [0.25, 0.3) is 5.91 Å². The molecule has 0 radical (unpaired) electrons. The van der Waals surface area contributed by atoms with Gasteiger partial charge in [0.05, 0.1) is 11.9 Å². The molecule has 0 spiro atoms. The quantitative estimate of drug-likeness (QED) is 0.519. The molecule has 2 heterocycles. The van der Waals surface area contributed by atoms with Gasteiger partial charge in [0.15, 0.2) is 0 Å². The Balaban J connectivity index is 2.03. The molecule has 0 aliphatic carbocycles. The van der Waals surface area contributed by atoms with Crippen molar-refractivity contribution in [2.24, 2.45) is 0 Å². The number of rotatable bonds is 6. The van der Waals surface area contributed by atoms with Gasteiger partial charge in [0, 0.05) is 31.4 Å². The Morgan fingerprint density at radius 3 is 2.33 bits per heavy atom. The number of nitrogens with one attached hydrogen (secondary N) is 2. The molecule has 0 saturated heterocycles. The van der Waals surface area contributed by atoms with Gasteiger partial charge < -0.3 is 14.6 Å². The van der Waals surface area contributed by atoms with E-state index >= 15 is 0 Å². The van der Waals surface area contributed by atoms with E-state index in [1.807, 2.05) is 0 Å². The van der Waals surface area contributed by atoms with Crippen molar-refractivity contribution < 1.29 is 35.9 Å². The monoisotopic (exact) mass is 484 g/mol. The molecule has 2 N–H and O–H groups in total. The highest BCUT2D eigenvalue weighted by Crippen LogP contribution is 2.32. The summed E-state index contributed by atoms with van der Waals surface area (Å²) in [5.41, 5.74) is 1.76. The molecule has 33 heavy (non-hydrogen) atoms. The zero-order valence-electron chi connectivity index (χ0n) is 17.6. The summed E-state index contributed by atoms with van der Waals surface area (Å²) < 4.78 is 67.8. The molecule has 176 valence electrons. The standard InChI is InChI=1S/C20H19F3N4O5S/c1-27(2)18(28)16(32-19(29)20(21,22)23)15-10-14-13(8-9-24-17(14)25-15)11-4-6-12(7-5-11)26-33(3,30)31/h4-10,16,26H,1-3H3,(H,24,25). The molecular formula is C20H19F3N4O5S. The van der Waals surface area contributed by atoms with E-state index in [-0.39, 0.29) is 11.3 Å².